The van der Waals surface area contributed by atoms with Gasteiger partial charge in [-0.15, -0.1) is 11.8 Å². The van der Waals surface area contributed by atoms with Crippen LogP contribution < -0.4 is 5.32 Å². The van der Waals surface area contributed by atoms with Crippen molar-refractivity contribution in [2.75, 3.05) is 18.1 Å². The van der Waals surface area contributed by atoms with Crippen LogP contribution in [0.25, 0.3) is 10.9 Å². The predicted molar refractivity (Wildman–Crippen MR) is 91.4 cm³/mol. The summed E-state index contributed by atoms with van der Waals surface area (Å²) in [5.41, 5.74) is 1.02. The third-order valence-electron chi connectivity index (χ3n) is 3.21. The summed E-state index contributed by atoms with van der Waals surface area (Å²) in [5, 5.41) is 15.1. The van der Waals surface area contributed by atoms with Gasteiger partial charge < -0.3 is 5.32 Å². The summed E-state index contributed by atoms with van der Waals surface area (Å²) in [5.74, 6) is -0.500. The largest absolute Gasteiger partial charge is 0.379 e. The molecule has 118 valence electrons. The van der Waals surface area contributed by atoms with E-state index in [2.05, 4.69) is 26.2 Å². The second-order valence-electron chi connectivity index (χ2n) is 4.75. The molecule has 1 aromatic carbocycles. The van der Waals surface area contributed by atoms with Gasteiger partial charge in [0.25, 0.3) is 0 Å². The molecule has 0 aliphatic heterocycles. The monoisotopic (exact) mass is 387 g/mol. The number of hydrogen-bond acceptors (Lipinski definition) is 5. The highest BCUT2D eigenvalue weighted by molar-refractivity contribution is 9.10. The molecule has 0 fully saturated rings. The standard InChI is InChI=1S/C14H15BrFN3O2S/c1-4-5-17-12-8-6-7(2)9(15)10(16)11(8)18-14(22-3)13(12)19(20)21/h6H,4-5H2,1-3H3,(H,17,18). The van der Waals surface area contributed by atoms with Crippen LogP contribution in [0.15, 0.2) is 15.6 Å². The van der Waals surface area contributed by atoms with E-state index in [1.54, 1.807) is 19.2 Å². The lowest BCUT2D eigenvalue weighted by molar-refractivity contribution is -0.387. The SMILES string of the molecule is CCCNc1c([N+](=O)[O-])c(SC)nc2c(F)c(Br)c(C)cc12. The predicted octanol–water partition coefficient (Wildman–Crippen LogP) is 4.90. The zero-order valence-corrected chi connectivity index (χ0v) is 14.8. The highest BCUT2D eigenvalue weighted by Gasteiger charge is 2.26. The van der Waals surface area contributed by atoms with Gasteiger partial charge in [0.05, 0.1) is 9.40 Å². The van der Waals surface area contributed by atoms with Gasteiger partial charge in [-0.25, -0.2) is 9.37 Å². The number of hydrogen-bond donors (Lipinski definition) is 1. The molecule has 0 aliphatic carbocycles. The van der Waals surface area contributed by atoms with Crippen molar-refractivity contribution in [2.45, 2.75) is 25.3 Å². The van der Waals surface area contributed by atoms with Crippen LogP contribution in [-0.4, -0.2) is 22.7 Å². The first-order valence-electron chi connectivity index (χ1n) is 6.66. The van der Waals surface area contributed by atoms with Crippen LogP contribution in [0.5, 0.6) is 0 Å². The number of pyridine rings is 1. The van der Waals surface area contributed by atoms with E-state index in [4.69, 9.17) is 0 Å². The third-order valence-corrected chi connectivity index (χ3v) is 4.86. The lowest BCUT2D eigenvalue weighted by Crippen LogP contribution is -2.07. The lowest BCUT2D eigenvalue weighted by atomic mass is 10.1. The summed E-state index contributed by atoms with van der Waals surface area (Å²) in [6.07, 6.45) is 2.49. The number of nitrogens with one attached hydrogen (secondary N) is 1. The Balaban J connectivity index is 2.92. The fourth-order valence-electron chi connectivity index (χ4n) is 2.17. The highest BCUT2D eigenvalue weighted by Crippen LogP contribution is 2.41. The molecule has 0 radical (unpaired) electrons. The topological polar surface area (TPSA) is 68.1 Å². The Kier molecular flexibility index (Phi) is 5.23. The number of rotatable bonds is 5. The molecule has 0 bridgehead atoms. The minimum Gasteiger partial charge on any atom is -0.379 e. The van der Waals surface area contributed by atoms with Crippen molar-refractivity contribution in [1.82, 2.24) is 4.98 Å². The maximum Gasteiger partial charge on any atom is 0.324 e. The van der Waals surface area contributed by atoms with E-state index in [-0.39, 0.29) is 16.2 Å². The van der Waals surface area contributed by atoms with Gasteiger partial charge in [0.2, 0.25) is 0 Å². The molecule has 2 aromatic rings. The van der Waals surface area contributed by atoms with E-state index in [1.807, 2.05) is 6.92 Å². The Bertz CT molecular complexity index is 755. The Hall–Kier alpha value is -1.41. The van der Waals surface area contributed by atoms with E-state index >= 15 is 0 Å². The van der Waals surface area contributed by atoms with E-state index < -0.39 is 10.7 Å². The van der Waals surface area contributed by atoms with Gasteiger partial charge in [0.15, 0.2) is 10.8 Å². The van der Waals surface area contributed by atoms with Crippen molar-refractivity contribution in [2.24, 2.45) is 0 Å². The van der Waals surface area contributed by atoms with Crippen LogP contribution in [0.3, 0.4) is 0 Å². The Morgan fingerprint density at radius 1 is 1.55 bits per heavy atom. The van der Waals surface area contributed by atoms with Gasteiger partial charge in [-0.2, -0.15) is 0 Å². The molecule has 0 amide bonds. The molecule has 0 saturated carbocycles. The van der Waals surface area contributed by atoms with Gasteiger partial charge in [-0.05, 0) is 47.2 Å². The van der Waals surface area contributed by atoms with E-state index in [1.165, 1.54) is 0 Å². The second kappa shape index (κ2) is 6.78. The molecule has 5 nitrogen and oxygen atoms in total. The van der Waals surface area contributed by atoms with E-state index in [0.29, 0.717) is 27.7 Å². The average Bonchev–Trinajstić information content (AvgIpc) is 2.49. The maximum absolute atomic E-state index is 14.5. The van der Waals surface area contributed by atoms with Crippen molar-refractivity contribution in [3.63, 3.8) is 0 Å². The molecular formula is C14H15BrFN3O2S. The third kappa shape index (κ3) is 2.89. The number of nitrogens with zero attached hydrogens (tertiary/aromatic N) is 2. The molecule has 0 aliphatic rings. The van der Waals surface area contributed by atoms with Gasteiger partial charge in [-0.1, -0.05) is 6.92 Å². The van der Waals surface area contributed by atoms with E-state index in [0.717, 1.165) is 18.2 Å². The minimum absolute atomic E-state index is 0.102. The summed E-state index contributed by atoms with van der Waals surface area (Å²) in [4.78, 5) is 15.1. The van der Waals surface area contributed by atoms with Gasteiger partial charge >= 0.3 is 5.69 Å². The van der Waals surface area contributed by atoms with E-state index in [9.17, 15) is 14.5 Å². The first-order chi connectivity index (χ1) is 10.4. The average molecular weight is 388 g/mol. The summed E-state index contributed by atoms with van der Waals surface area (Å²) in [6, 6.07) is 1.71. The summed E-state index contributed by atoms with van der Waals surface area (Å²) in [6.45, 7) is 4.26. The molecule has 0 atom stereocenters. The van der Waals surface area contributed by atoms with Gasteiger partial charge in [-0.3, -0.25) is 10.1 Å². The first kappa shape index (κ1) is 17.0. The van der Waals surface area contributed by atoms with Crippen LogP contribution in [-0.2, 0) is 0 Å². The number of halogens is 2. The van der Waals surface area contributed by atoms with Crippen LogP contribution >= 0.6 is 27.7 Å². The molecule has 1 N–H and O–H groups in total. The number of thioether (sulfide) groups is 1. The van der Waals surface area contributed by atoms with Crippen molar-refractivity contribution in [3.05, 3.63) is 32.0 Å². The molecule has 0 spiro atoms. The molecule has 22 heavy (non-hydrogen) atoms. The summed E-state index contributed by atoms with van der Waals surface area (Å²) in [7, 11) is 0. The molecule has 2 rings (SSSR count). The minimum atomic E-state index is -0.500. The zero-order chi connectivity index (χ0) is 16.4. The van der Waals surface area contributed by atoms with Crippen LogP contribution in [0.2, 0.25) is 0 Å². The van der Waals surface area contributed by atoms with Crippen molar-refractivity contribution in [3.8, 4) is 0 Å². The normalized spacial score (nSPS) is 11.0. The Morgan fingerprint density at radius 3 is 2.77 bits per heavy atom. The highest BCUT2D eigenvalue weighted by atomic mass is 79.9. The fraction of sp³-hybridized carbons (Fsp3) is 0.357. The number of aromatic nitrogens is 1. The summed E-state index contributed by atoms with van der Waals surface area (Å²) < 4.78 is 14.8. The Morgan fingerprint density at radius 2 is 2.23 bits per heavy atom. The fourth-order valence-corrected chi connectivity index (χ4v) is 3.03. The molecular weight excluding hydrogens is 373 g/mol. The smallest absolute Gasteiger partial charge is 0.324 e. The molecule has 1 heterocycles. The van der Waals surface area contributed by atoms with Crippen molar-refractivity contribution >= 4 is 50.0 Å². The second-order valence-corrected chi connectivity index (χ2v) is 6.33. The van der Waals surface area contributed by atoms with Gasteiger partial charge in [0, 0.05) is 11.9 Å². The zero-order valence-electron chi connectivity index (χ0n) is 12.4. The maximum atomic E-state index is 14.5. The molecule has 1 aromatic heterocycles. The number of benzene rings is 1. The molecule has 8 heteroatoms. The molecule has 0 saturated heterocycles. The summed E-state index contributed by atoms with van der Waals surface area (Å²) >= 11 is 4.33. The lowest BCUT2D eigenvalue weighted by Gasteiger charge is -2.13. The Labute approximate surface area is 140 Å². The van der Waals surface area contributed by atoms with Crippen molar-refractivity contribution < 1.29 is 9.31 Å². The number of aryl methyl sites for hydroxylation is 1. The quantitative estimate of drug-likeness (QED) is 0.449. The van der Waals surface area contributed by atoms with Crippen LogP contribution in [0.4, 0.5) is 15.8 Å². The van der Waals surface area contributed by atoms with Gasteiger partial charge in [0.1, 0.15) is 11.2 Å². The molecule has 0 unspecified atom stereocenters. The van der Waals surface area contributed by atoms with Crippen LogP contribution in [0, 0.1) is 22.9 Å². The van der Waals surface area contributed by atoms with Crippen LogP contribution in [0.1, 0.15) is 18.9 Å². The van der Waals surface area contributed by atoms with Crippen molar-refractivity contribution in [1.29, 1.82) is 0 Å². The first-order valence-corrected chi connectivity index (χ1v) is 8.68. The number of fused-ring (bicyclic) bond motifs is 1. The number of nitro groups is 1. The number of anilines is 1.